The van der Waals surface area contributed by atoms with Crippen LogP contribution in [0.3, 0.4) is 0 Å². The molecule has 1 unspecified atom stereocenters. The summed E-state index contributed by atoms with van der Waals surface area (Å²) in [4.78, 5) is 10.4. The van der Waals surface area contributed by atoms with Gasteiger partial charge >= 0.3 is 5.97 Å². The average Bonchev–Trinajstić information content (AvgIpc) is 2.04. The van der Waals surface area contributed by atoms with Crippen molar-refractivity contribution in [3.05, 3.63) is 12.2 Å². The van der Waals surface area contributed by atoms with Crippen LogP contribution in [0.25, 0.3) is 0 Å². The van der Waals surface area contributed by atoms with E-state index < -0.39 is 5.97 Å². The summed E-state index contributed by atoms with van der Waals surface area (Å²) < 4.78 is 0. The van der Waals surface area contributed by atoms with Gasteiger partial charge in [-0.3, -0.25) is 4.79 Å². The third-order valence-corrected chi connectivity index (χ3v) is 2.35. The second kappa shape index (κ2) is 5.02. The highest BCUT2D eigenvalue weighted by molar-refractivity contribution is 5.69. The lowest BCUT2D eigenvalue weighted by molar-refractivity contribution is -0.136. The second-order valence-electron chi connectivity index (χ2n) is 3.67. The molecule has 0 bridgehead atoms. The summed E-state index contributed by atoms with van der Waals surface area (Å²) in [5, 5.41) is 11.9. The van der Waals surface area contributed by atoms with Gasteiger partial charge in [0.05, 0.1) is 6.42 Å². The fourth-order valence-electron chi connectivity index (χ4n) is 1.73. The van der Waals surface area contributed by atoms with Crippen molar-refractivity contribution >= 4 is 5.97 Å². The molecule has 1 rings (SSSR count). The van der Waals surface area contributed by atoms with Crippen LogP contribution in [0.4, 0.5) is 0 Å². The number of carboxylic acids is 1. The van der Waals surface area contributed by atoms with Crippen molar-refractivity contribution in [2.45, 2.75) is 38.1 Å². The van der Waals surface area contributed by atoms with Crippen molar-refractivity contribution in [3.63, 3.8) is 0 Å². The van der Waals surface area contributed by atoms with Crippen molar-refractivity contribution in [3.8, 4) is 0 Å². The molecule has 0 aromatic rings. The molecular weight excluding hydrogens is 166 g/mol. The average molecular weight is 183 g/mol. The highest BCUT2D eigenvalue weighted by Crippen LogP contribution is 2.15. The molecule has 0 saturated carbocycles. The lowest BCUT2D eigenvalue weighted by atomic mass is 9.97. The number of piperidine rings is 1. The minimum atomic E-state index is -0.777. The Hall–Kier alpha value is -0.830. The number of nitrogens with one attached hydrogen (secondary N) is 1. The molecule has 3 nitrogen and oxygen atoms in total. The van der Waals surface area contributed by atoms with E-state index in [9.17, 15) is 4.79 Å². The van der Waals surface area contributed by atoms with Gasteiger partial charge in [-0.25, -0.2) is 0 Å². The fourth-order valence-corrected chi connectivity index (χ4v) is 1.73. The first-order chi connectivity index (χ1) is 6.18. The normalized spacial score (nSPS) is 22.6. The molecule has 0 amide bonds. The molecule has 3 heteroatoms. The molecule has 1 saturated heterocycles. The summed E-state index contributed by atoms with van der Waals surface area (Å²) in [6.07, 6.45) is 4.56. The lowest BCUT2D eigenvalue weighted by Gasteiger charge is -2.23. The minimum absolute atomic E-state index is 0.109. The van der Waals surface area contributed by atoms with Gasteiger partial charge in [0, 0.05) is 6.04 Å². The summed E-state index contributed by atoms with van der Waals surface area (Å²) >= 11 is 0. The molecule has 1 heterocycles. The van der Waals surface area contributed by atoms with Crippen molar-refractivity contribution in [2.24, 2.45) is 0 Å². The van der Waals surface area contributed by atoms with Gasteiger partial charge < -0.3 is 10.4 Å². The number of hydrogen-bond acceptors (Lipinski definition) is 2. The molecule has 0 radical (unpaired) electrons. The predicted molar refractivity (Wildman–Crippen MR) is 51.7 cm³/mol. The van der Waals surface area contributed by atoms with E-state index in [-0.39, 0.29) is 6.42 Å². The smallest absolute Gasteiger partial charge is 0.307 e. The fraction of sp³-hybridized carbons (Fsp3) is 0.700. The molecule has 0 aromatic carbocycles. The lowest BCUT2D eigenvalue weighted by Crippen LogP contribution is -2.34. The highest BCUT2D eigenvalue weighted by Gasteiger charge is 2.14. The van der Waals surface area contributed by atoms with Gasteiger partial charge in [0.25, 0.3) is 0 Å². The zero-order valence-electron chi connectivity index (χ0n) is 7.88. The quantitative estimate of drug-likeness (QED) is 0.650. The van der Waals surface area contributed by atoms with Crippen molar-refractivity contribution in [1.29, 1.82) is 0 Å². The van der Waals surface area contributed by atoms with E-state index >= 15 is 0 Å². The zero-order valence-corrected chi connectivity index (χ0v) is 7.88. The van der Waals surface area contributed by atoms with Crippen LogP contribution < -0.4 is 5.32 Å². The van der Waals surface area contributed by atoms with Crippen molar-refractivity contribution in [1.82, 2.24) is 5.32 Å². The van der Waals surface area contributed by atoms with E-state index in [4.69, 9.17) is 5.11 Å². The maximum atomic E-state index is 10.4. The molecule has 0 aliphatic carbocycles. The minimum Gasteiger partial charge on any atom is -0.481 e. The Morgan fingerprint density at radius 1 is 1.54 bits per heavy atom. The maximum absolute atomic E-state index is 10.4. The monoisotopic (exact) mass is 183 g/mol. The molecule has 2 N–H and O–H groups in total. The molecule has 74 valence electrons. The molecule has 1 aliphatic rings. The topological polar surface area (TPSA) is 49.3 Å². The second-order valence-corrected chi connectivity index (χ2v) is 3.67. The number of rotatable bonds is 4. The Bertz CT molecular complexity index is 195. The highest BCUT2D eigenvalue weighted by atomic mass is 16.4. The Morgan fingerprint density at radius 2 is 2.31 bits per heavy atom. The van der Waals surface area contributed by atoms with Gasteiger partial charge in [-0.2, -0.15) is 0 Å². The molecule has 1 fully saturated rings. The number of hydrogen-bond donors (Lipinski definition) is 2. The zero-order chi connectivity index (χ0) is 9.68. The summed E-state index contributed by atoms with van der Waals surface area (Å²) in [6.45, 7) is 4.83. The maximum Gasteiger partial charge on any atom is 0.307 e. The van der Waals surface area contributed by atoms with Crippen LogP contribution >= 0.6 is 0 Å². The Labute approximate surface area is 78.8 Å². The van der Waals surface area contributed by atoms with Gasteiger partial charge in [0.1, 0.15) is 0 Å². The third-order valence-electron chi connectivity index (χ3n) is 2.35. The van der Waals surface area contributed by atoms with Crippen LogP contribution in [-0.2, 0) is 4.79 Å². The Morgan fingerprint density at radius 3 is 2.85 bits per heavy atom. The Kier molecular flexibility index (Phi) is 3.96. The molecule has 1 atom stereocenters. The summed E-state index contributed by atoms with van der Waals surface area (Å²) in [5.41, 5.74) is 0.826. The number of aliphatic carboxylic acids is 1. The van der Waals surface area contributed by atoms with Gasteiger partial charge in [-0.05, 0) is 25.8 Å². The standard InChI is InChI=1S/C10H17NO2/c1-8(7-10(12)13)6-9-4-2-3-5-11-9/h9,11H,1-7H2,(H,12,13). The van der Waals surface area contributed by atoms with Crippen molar-refractivity contribution < 1.29 is 9.90 Å². The first-order valence-corrected chi connectivity index (χ1v) is 4.80. The van der Waals surface area contributed by atoms with E-state index in [1.54, 1.807) is 0 Å². The van der Waals surface area contributed by atoms with Gasteiger partial charge in [0.2, 0.25) is 0 Å². The first-order valence-electron chi connectivity index (χ1n) is 4.80. The van der Waals surface area contributed by atoms with Crippen LogP contribution in [-0.4, -0.2) is 23.7 Å². The van der Waals surface area contributed by atoms with Crippen LogP contribution in [0, 0.1) is 0 Å². The predicted octanol–water partition coefficient (Wildman–Crippen LogP) is 1.55. The van der Waals surface area contributed by atoms with Crippen LogP contribution in [0.2, 0.25) is 0 Å². The van der Waals surface area contributed by atoms with Gasteiger partial charge in [0.15, 0.2) is 0 Å². The summed E-state index contributed by atoms with van der Waals surface area (Å²) in [6, 6.07) is 0.459. The molecular formula is C10H17NO2. The third kappa shape index (κ3) is 4.08. The van der Waals surface area contributed by atoms with Crippen LogP contribution in [0.1, 0.15) is 32.1 Å². The summed E-state index contributed by atoms with van der Waals surface area (Å²) in [7, 11) is 0. The van der Waals surface area contributed by atoms with Crippen LogP contribution in [0.5, 0.6) is 0 Å². The van der Waals surface area contributed by atoms with Gasteiger partial charge in [-0.1, -0.05) is 18.6 Å². The SMILES string of the molecule is C=C(CC(=O)O)CC1CCCCN1. The summed E-state index contributed by atoms with van der Waals surface area (Å²) in [5.74, 6) is -0.777. The number of carboxylic acid groups (broad SMARTS) is 1. The molecule has 13 heavy (non-hydrogen) atoms. The van der Waals surface area contributed by atoms with E-state index in [1.807, 2.05) is 0 Å². The molecule has 1 aliphatic heterocycles. The molecule has 0 spiro atoms. The van der Waals surface area contributed by atoms with E-state index in [2.05, 4.69) is 11.9 Å². The van der Waals surface area contributed by atoms with Gasteiger partial charge in [-0.15, -0.1) is 0 Å². The number of carbonyl (C=O) groups is 1. The molecule has 0 aromatic heterocycles. The Balaban J connectivity index is 2.22. The first kappa shape index (κ1) is 10.3. The van der Waals surface area contributed by atoms with Crippen molar-refractivity contribution in [2.75, 3.05) is 6.54 Å². The largest absolute Gasteiger partial charge is 0.481 e. The van der Waals surface area contributed by atoms with E-state index in [0.29, 0.717) is 6.04 Å². The van der Waals surface area contributed by atoms with E-state index in [0.717, 1.165) is 25.0 Å². The van der Waals surface area contributed by atoms with Crippen LogP contribution in [0.15, 0.2) is 12.2 Å². The van der Waals surface area contributed by atoms with E-state index in [1.165, 1.54) is 12.8 Å².